The van der Waals surface area contributed by atoms with Crippen molar-refractivity contribution in [2.24, 2.45) is 0 Å². The quantitative estimate of drug-likeness (QED) is 0.586. The Morgan fingerprint density at radius 1 is 1.00 bits per heavy atom. The van der Waals surface area contributed by atoms with Gasteiger partial charge in [-0.1, -0.05) is 60.7 Å². The van der Waals surface area contributed by atoms with Gasteiger partial charge in [-0.3, -0.25) is 14.9 Å². The minimum Gasteiger partial charge on any atom is -0.445 e. The van der Waals surface area contributed by atoms with E-state index in [0.717, 1.165) is 11.1 Å². The lowest BCUT2D eigenvalue weighted by Crippen LogP contribution is -2.44. The Balaban J connectivity index is 1.97. The maximum Gasteiger partial charge on any atom is 0.408 e. The number of hydrogen-bond acceptors (Lipinski definition) is 5. The number of Topliss-reactive ketones (excluding diaryl/α,β-unsaturated/α-hetero) is 1. The summed E-state index contributed by atoms with van der Waals surface area (Å²) in [6.07, 6.45) is -0.630. The molecule has 130 valence electrons. The molecule has 25 heavy (non-hydrogen) atoms. The summed E-state index contributed by atoms with van der Waals surface area (Å²) in [6.45, 7) is -0.801. The number of hydrogen-bond donors (Lipinski definition) is 1. The normalized spacial score (nSPS) is 11.4. The second-order valence-corrected chi connectivity index (χ2v) is 5.41. The van der Waals surface area contributed by atoms with Gasteiger partial charge in [0.25, 0.3) is 6.54 Å². The molecule has 1 atom stereocenters. The molecular weight excluding hydrogens is 324 g/mol. The fraction of sp³-hybridized carbons (Fsp3) is 0.222. The third-order valence-electron chi connectivity index (χ3n) is 3.46. The van der Waals surface area contributed by atoms with Crippen molar-refractivity contribution in [3.8, 4) is 0 Å². The first kappa shape index (κ1) is 18.1. The van der Waals surface area contributed by atoms with E-state index in [-0.39, 0.29) is 13.0 Å². The summed E-state index contributed by atoms with van der Waals surface area (Å²) in [7, 11) is 0. The number of nitrogens with one attached hydrogen (secondary N) is 1. The predicted octanol–water partition coefficient (Wildman–Crippen LogP) is 2.37. The van der Waals surface area contributed by atoms with Crippen LogP contribution in [0, 0.1) is 10.1 Å². The number of amides is 1. The zero-order valence-electron chi connectivity index (χ0n) is 13.5. The van der Waals surface area contributed by atoms with Crippen LogP contribution in [0.2, 0.25) is 0 Å². The van der Waals surface area contributed by atoms with E-state index in [1.54, 1.807) is 36.4 Å². The van der Waals surface area contributed by atoms with E-state index in [9.17, 15) is 19.7 Å². The molecule has 0 bridgehead atoms. The first-order valence-electron chi connectivity index (χ1n) is 7.70. The smallest absolute Gasteiger partial charge is 0.408 e. The Morgan fingerprint density at radius 2 is 1.56 bits per heavy atom. The molecule has 7 heteroatoms. The number of carbonyl (C=O) groups is 2. The van der Waals surface area contributed by atoms with Crippen molar-refractivity contribution >= 4 is 11.9 Å². The lowest BCUT2D eigenvalue weighted by Gasteiger charge is -2.16. The molecule has 0 heterocycles. The first-order chi connectivity index (χ1) is 12.0. The summed E-state index contributed by atoms with van der Waals surface area (Å²) in [4.78, 5) is 33.9. The summed E-state index contributed by atoms with van der Waals surface area (Å²) in [6, 6.07) is 17.0. The van der Waals surface area contributed by atoms with Crippen LogP contribution < -0.4 is 5.32 Å². The van der Waals surface area contributed by atoms with E-state index in [4.69, 9.17) is 4.74 Å². The largest absolute Gasteiger partial charge is 0.445 e. The number of ketones is 1. The van der Waals surface area contributed by atoms with Gasteiger partial charge in [-0.05, 0) is 11.1 Å². The molecule has 0 saturated carbocycles. The van der Waals surface area contributed by atoms with Gasteiger partial charge in [0, 0.05) is 11.3 Å². The van der Waals surface area contributed by atoms with Crippen LogP contribution in [-0.4, -0.2) is 29.4 Å². The number of alkyl carbamates (subject to hydrolysis) is 1. The SMILES string of the molecule is O=C(N[C@@H](Cc1ccccc1)C(=O)C[N+](=O)[O-])OCc1ccccc1. The number of ether oxygens (including phenoxy) is 1. The fourth-order valence-electron chi connectivity index (χ4n) is 2.24. The average Bonchev–Trinajstić information content (AvgIpc) is 2.60. The highest BCUT2D eigenvalue weighted by Gasteiger charge is 2.25. The van der Waals surface area contributed by atoms with Crippen LogP contribution in [-0.2, 0) is 22.6 Å². The molecule has 0 aliphatic rings. The van der Waals surface area contributed by atoms with Crippen LogP contribution in [0.1, 0.15) is 11.1 Å². The lowest BCUT2D eigenvalue weighted by atomic mass is 10.0. The molecule has 1 N–H and O–H groups in total. The fourth-order valence-corrected chi connectivity index (χ4v) is 2.24. The van der Waals surface area contributed by atoms with Crippen molar-refractivity contribution in [2.45, 2.75) is 19.1 Å². The molecule has 0 radical (unpaired) electrons. The second-order valence-electron chi connectivity index (χ2n) is 5.41. The molecule has 1 amide bonds. The third-order valence-corrected chi connectivity index (χ3v) is 3.46. The average molecular weight is 342 g/mol. The Hall–Kier alpha value is -3.22. The van der Waals surface area contributed by atoms with Crippen LogP contribution in [0.25, 0.3) is 0 Å². The zero-order valence-corrected chi connectivity index (χ0v) is 13.5. The number of nitrogens with zero attached hydrogens (tertiary/aromatic N) is 1. The molecule has 2 aromatic rings. The lowest BCUT2D eigenvalue weighted by molar-refractivity contribution is -0.467. The highest BCUT2D eigenvalue weighted by molar-refractivity contribution is 5.88. The van der Waals surface area contributed by atoms with Crippen molar-refractivity contribution in [3.05, 3.63) is 81.9 Å². The Labute approximate surface area is 144 Å². The van der Waals surface area contributed by atoms with Crippen LogP contribution in [0.15, 0.2) is 60.7 Å². The number of nitro groups is 1. The topological polar surface area (TPSA) is 98.5 Å². The monoisotopic (exact) mass is 342 g/mol. The molecule has 0 fully saturated rings. The first-order valence-corrected chi connectivity index (χ1v) is 7.70. The molecule has 0 aliphatic heterocycles. The molecular formula is C18H18N2O5. The standard InChI is InChI=1S/C18H18N2O5/c21-17(12-20(23)24)16(11-14-7-3-1-4-8-14)19-18(22)25-13-15-9-5-2-6-10-15/h1-10,16H,11-13H2,(H,19,22)/t16-/m0/s1. The van der Waals surface area contributed by atoms with Gasteiger partial charge in [-0.15, -0.1) is 0 Å². The van der Waals surface area contributed by atoms with Crippen LogP contribution in [0.3, 0.4) is 0 Å². The van der Waals surface area contributed by atoms with Gasteiger partial charge >= 0.3 is 6.09 Å². The number of carbonyl (C=O) groups excluding carboxylic acids is 2. The molecule has 7 nitrogen and oxygen atoms in total. The van der Waals surface area contributed by atoms with Crippen molar-refractivity contribution in [3.63, 3.8) is 0 Å². The maximum absolute atomic E-state index is 12.1. The minimum atomic E-state index is -1.02. The van der Waals surface area contributed by atoms with Gasteiger partial charge in [0.15, 0.2) is 0 Å². The zero-order chi connectivity index (χ0) is 18.1. The van der Waals surface area contributed by atoms with Gasteiger partial charge < -0.3 is 10.1 Å². The highest BCUT2D eigenvalue weighted by Crippen LogP contribution is 2.06. The van der Waals surface area contributed by atoms with E-state index < -0.39 is 29.4 Å². The summed E-state index contributed by atoms with van der Waals surface area (Å²) in [5, 5.41) is 13.0. The molecule has 0 aliphatic carbocycles. The Kier molecular flexibility index (Phi) is 6.65. The van der Waals surface area contributed by atoms with Gasteiger partial charge in [0.05, 0.1) is 0 Å². The van der Waals surface area contributed by atoms with Crippen molar-refractivity contribution in [1.29, 1.82) is 0 Å². The summed E-state index contributed by atoms with van der Waals surface area (Å²) in [5.74, 6) is -0.675. The van der Waals surface area contributed by atoms with Gasteiger partial charge in [-0.2, -0.15) is 0 Å². The van der Waals surface area contributed by atoms with Crippen molar-refractivity contribution < 1.29 is 19.2 Å². The summed E-state index contributed by atoms with van der Waals surface area (Å²) >= 11 is 0. The second kappa shape index (κ2) is 9.17. The van der Waals surface area contributed by atoms with Gasteiger partial charge in [-0.25, -0.2) is 4.79 Å². The molecule has 0 unspecified atom stereocenters. The van der Waals surface area contributed by atoms with E-state index in [1.807, 2.05) is 24.3 Å². The van der Waals surface area contributed by atoms with Crippen LogP contribution >= 0.6 is 0 Å². The molecule has 0 spiro atoms. The van der Waals surface area contributed by atoms with E-state index in [2.05, 4.69) is 5.32 Å². The summed E-state index contributed by atoms with van der Waals surface area (Å²) < 4.78 is 5.08. The molecule has 0 saturated heterocycles. The molecule has 0 aromatic heterocycles. The minimum absolute atomic E-state index is 0.0498. The van der Waals surface area contributed by atoms with Crippen LogP contribution in [0.4, 0.5) is 4.79 Å². The Bertz CT molecular complexity index is 719. The van der Waals surface area contributed by atoms with Gasteiger partial charge in [0.2, 0.25) is 5.78 Å². The molecule has 2 aromatic carbocycles. The number of rotatable bonds is 8. The van der Waals surface area contributed by atoms with Crippen molar-refractivity contribution in [2.75, 3.05) is 6.54 Å². The van der Waals surface area contributed by atoms with Crippen molar-refractivity contribution in [1.82, 2.24) is 5.32 Å². The third kappa shape index (κ3) is 6.42. The van der Waals surface area contributed by atoms with Crippen LogP contribution in [0.5, 0.6) is 0 Å². The maximum atomic E-state index is 12.1. The van der Waals surface area contributed by atoms with E-state index >= 15 is 0 Å². The highest BCUT2D eigenvalue weighted by atomic mass is 16.6. The van der Waals surface area contributed by atoms with Gasteiger partial charge in [0.1, 0.15) is 12.6 Å². The summed E-state index contributed by atoms with van der Waals surface area (Å²) in [5.41, 5.74) is 1.58. The Morgan fingerprint density at radius 3 is 2.12 bits per heavy atom. The van der Waals surface area contributed by atoms with E-state index in [1.165, 1.54) is 0 Å². The predicted molar refractivity (Wildman–Crippen MR) is 90.6 cm³/mol. The number of benzene rings is 2. The van der Waals surface area contributed by atoms with E-state index in [0.29, 0.717) is 0 Å². The molecule has 2 rings (SSSR count).